The molecule has 1 aliphatic rings. The van der Waals surface area contributed by atoms with Crippen molar-refractivity contribution in [2.75, 3.05) is 126 Å². The van der Waals surface area contributed by atoms with Gasteiger partial charge in [0, 0.05) is 7.11 Å². The first-order valence-electron chi connectivity index (χ1n) is 12.1. The van der Waals surface area contributed by atoms with Crippen molar-refractivity contribution in [1.29, 1.82) is 0 Å². The summed E-state index contributed by atoms with van der Waals surface area (Å²) in [6.45, 7) is 8.69. The second-order valence-corrected chi connectivity index (χ2v) is 7.80. The van der Waals surface area contributed by atoms with Gasteiger partial charge < -0.3 is 52.1 Å². The average Bonchev–Trinajstić information content (AvgIpc) is 2.88. The van der Waals surface area contributed by atoms with E-state index in [1.807, 2.05) is 0 Å². The van der Waals surface area contributed by atoms with Gasteiger partial charge in [-0.15, -0.1) is 0 Å². The number of hydrogen-bond donors (Lipinski definition) is 0. The van der Waals surface area contributed by atoms with Crippen molar-refractivity contribution >= 4 is 12.1 Å². The van der Waals surface area contributed by atoms with Crippen molar-refractivity contribution in [2.24, 2.45) is 5.41 Å². The minimum Gasteiger partial charge on any atom is -0.463 e. The topological polar surface area (TPSA) is 136 Å². The largest absolute Gasteiger partial charge is 0.508 e. The van der Waals surface area contributed by atoms with Crippen molar-refractivity contribution in [3.05, 3.63) is 0 Å². The molecule has 0 aromatic rings. The molecule has 1 aliphatic heterocycles. The van der Waals surface area contributed by atoms with E-state index in [4.69, 9.17) is 52.1 Å². The molecule has 1 heterocycles. The molecular weight excluding hydrogens is 484 g/mol. The van der Waals surface area contributed by atoms with Crippen molar-refractivity contribution in [3.8, 4) is 0 Å². The molecule has 13 heteroatoms. The summed E-state index contributed by atoms with van der Waals surface area (Å²) in [5, 5.41) is 0. The Labute approximate surface area is 212 Å². The van der Waals surface area contributed by atoms with Gasteiger partial charge in [-0.05, 0) is 6.92 Å². The second kappa shape index (κ2) is 22.6. The third-order valence-corrected chi connectivity index (χ3v) is 4.63. The van der Waals surface area contributed by atoms with Gasteiger partial charge in [-0.2, -0.15) is 0 Å². The molecule has 0 N–H and O–H groups in total. The molecule has 212 valence electrons. The Hall–Kier alpha value is -1.58. The third kappa shape index (κ3) is 17.8. The fourth-order valence-electron chi connectivity index (χ4n) is 2.57. The van der Waals surface area contributed by atoms with Crippen LogP contribution in [0.5, 0.6) is 0 Å². The highest BCUT2D eigenvalue weighted by atomic mass is 16.7. The number of hydrogen-bond acceptors (Lipinski definition) is 13. The van der Waals surface area contributed by atoms with Crippen LogP contribution in [0.15, 0.2) is 0 Å². The van der Waals surface area contributed by atoms with Crippen LogP contribution in [-0.4, -0.2) is 138 Å². The predicted molar refractivity (Wildman–Crippen MR) is 124 cm³/mol. The minimum atomic E-state index is -0.994. The molecule has 0 aromatic heterocycles. The Balaban J connectivity index is 1.72. The van der Waals surface area contributed by atoms with Crippen LogP contribution < -0.4 is 0 Å². The Morgan fingerprint density at radius 1 is 0.611 bits per heavy atom. The fraction of sp³-hybridized carbons (Fsp3) is 0.913. The minimum absolute atomic E-state index is 0.0641. The molecular formula is C23H42O13. The zero-order valence-corrected chi connectivity index (χ0v) is 21.5. The summed E-state index contributed by atoms with van der Waals surface area (Å²) < 4.78 is 57.1. The highest BCUT2D eigenvalue weighted by Gasteiger charge is 2.41. The molecule has 0 radical (unpaired) electrons. The number of cyclic esters (lactones) is 2. The van der Waals surface area contributed by atoms with Crippen LogP contribution in [0.4, 0.5) is 4.79 Å². The van der Waals surface area contributed by atoms with Crippen LogP contribution in [0.1, 0.15) is 6.92 Å². The third-order valence-electron chi connectivity index (χ3n) is 4.63. The van der Waals surface area contributed by atoms with Crippen molar-refractivity contribution in [2.45, 2.75) is 6.92 Å². The van der Waals surface area contributed by atoms with Gasteiger partial charge in [-0.3, -0.25) is 4.79 Å². The second-order valence-electron chi connectivity index (χ2n) is 7.80. The zero-order valence-electron chi connectivity index (χ0n) is 21.5. The zero-order chi connectivity index (χ0) is 26.2. The van der Waals surface area contributed by atoms with E-state index in [9.17, 15) is 9.59 Å². The molecule has 1 fully saturated rings. The summed E-state index contributed by atoms with van der Waals surface area (Å²) in [6, 6.07) is 0. The quantitative estimate of drug-likeness (QED) is 0.120. The lowest BCUT2D eigenvalue weighted by Crippen LogP contribution is -2.44. The van der Waals surface area contributed by atoms with Crippen LogP contribution in [0.2, 0.25) is 0 Å². The first-order chi connectivity index (χ1) is 17.6. The van der Waals surface area contributed by atoms with E-state index in [1.165, 1.54) is 0 Å². The molecule has 13 nitrogen and oxygen atoms in total. The predicted octanol–water partition coefficient (Wildman–Crippen LogP) is 0.465. The molecule has 0 spiro atoms. The summed E-state index contributed by atoms with van der Waals surface area (Å²) in [4.78, 5) is 22.9. The number of carbonyl (C=O) groups is 2. The smallest absolute Gasteiger partial charge is 0.463 e. The van der Waals surface area contributed by atoms with Gasteiger partial charge in [0.2, 0.25) is 0 Å². The summed E-state index contributed by atoms with van der Waals surface area (Å²) in [7, 11) is 1.64. The molecule has 0 amide bonds. The van der Waals surface area contributed by atoms with Crippen molar-refractivity contribution in [3.63, 3.8) is 0 Å². The summed E-state index contributed by atoms with van der Waals surface area (Å²) >= 11 is 0. The van der Waals surface area contributed by atoms with Crippen molar-refractivity contribution in [1.82, 2.24) is 0 Å². The van der Waals surface area contributed by atoms with E-state index >= 15 is 0 Å². The van der Waals surface area contributed by atoms with E-state index in [2.05, 4.69) is 0 Å². The van der Waals surface area contributed by atoms with E-state index in [0.29, 0.717) is 92.5 Å². The molecule has 36 heavy (non-hydrogen) atoms. The van der Waals surface area contributed by atoms with Gasteiger partial charge in [-0.25, -0.2) is 4.79 Å². The Morgan fingerprint density at radius 3 is 1.25 bits per heavy atom. The lowest BCUT2D eigenvalue weighted by Gasteiger charge is -2.29. The Kier molecular flexibility index (Phi) is 20.4. The number of rotatable bonds is 25. The molecule has 0 unspecified atom stereocenters. The maximum absolute atomic E-state index is 12.0. The summed E-state index contributed by atoms with van der Waals surface area (Å²) in [5.74, 6) is -0.496. The normalized spacial score (nSPS) is 14.9. The molecule has 0 bridgehead atoms. The van der Waals surface area contributed by atoms with Crippen LogP contribution >= 0.6 is 0 Å². The van der Waals surface area contributed by atoms with Crippen molar-refractivity contribution < 1.29 is 61.7 Å². The summed E-state index contributed by atoms with van der Waals surface area (Å²) in [6.07, 6.45) is -0.779. The van der Waals surface area contributed by atoms with Gasteiger partial charge in [0.15, 0.2) is 0 Å². The Bertz CT molecular complexity index is 536. The molecule has 0 saturated carbocycles. The average molecular weight is 527 g/mol. The summed E-state index contributed by atoms with van der Waals surface area (Å²) in [5.41, 5.74) is -0.994. The molecule has 0 atom stereocenters. The first-order valence-corrected chi connectivity index (χ1v) is 12.1. The Morgan fingerprint density at radius 2 is 0.917 bits per heavy atom. The van der Waals surface area contributed by atoms with E-state index in [0.717, 1.165) is 0 Å². The van der Waals surface area contributed by atoms with Gasteiger partial charge in [0.1, 0.15) is 25.2 Å². The molecule has 1 rings (SSSR count). The number of methoxy groups -OCH3 is 1. The van der Waals surface area contributed by atoms with Crippen LogP contribution in [0.3, 0.4) is 0 Å². The molecule has 1 saturated heterocycles. The highest BCUT2D eigenvalue weighted by molar-refractivity contribution is 5.78. The van der Waals surface area contributed by atoms with Gasteiger partial charge in [0.25, 0.3) is 0 Å². The van der Waals surface area contributed by atoms with E-state index in [-0.39, 0.29) is 26.4 Å². The lowest BCUT2D eigenvalue weighted by molar-refractivity contribution is -0.167. The number of esters is 1. The molecule has 0 aliphatic carbocycles. The lowest BCUT2D eigenvalue weighted by atomic mass is 9.93. The maximum atomic E-state index is 12.0. The SMILES string of the molecule is COCCOCCOCCOCCOCCOCCOCCOCCOC(=O)C1(C)COC(=O)OC1. The first kappa shape index (κ1) is 32.4. The fourth-order valence-corrected chi connectivity index (χ4v) is 2.57. The van der Waals surface area contributed by atoms with Gasteiger partial charge in [0.05, 0.1) is 99.1 Å². The van der Waals surface area contributed by atoms with E-state index in [1.54, 1.807) is 14.0 Å². The number of ether oxygens (including phenoxy) is 11. The van der Waals surface area contributed by atoms with Crippen LogP contribution in [0.25, 0.3) is 0 Å². The highest BCUT2D eigenvalue weighted by Crippen LogP contribution is 2.23. The van der Waals surface area contributed by atoms with Gasteiger partial charge >= 0.3 is 12.1 Å². The van der Waals surface area contributed by atoms with Crippen LogP contribution in [0, 0.1) is 5.41 Å². The molecule has 0 aromatic carbocycles. The van der Waals surface area contributed by atoms with Crippen LogP contribution in [-0.2, 0) is 56.9 Å². The standard InChI is InChI=1S/C23H42O13/c1-23(19-35-22(25)36-20-23)21(24)34-18-17-33-16-15-32-14-13-31-12-11-30-10-9-29-8-7-28-6-5-27-4-3-26-2/h3-20H2,1-2H3. The number of carbonyl (C=O) groups excluding carboxylic acids is 2. The monoisotopic (exact) mass is 526 g/mol. The maximum Gasteiger partial charge on any atom is 0.508 e. The van der Waals surface area contributed by atoms with E-state index < -0.39 is 17.5 Å². The van der Waals surface area contributed by atoms with Gasteiger partial charge in [-0.1, -0.05) is 0 Å².